The maximum Gasteiger partial charge on any atom is 0.222 e. The van der Waals surface area contributed by atoms with Crippen LogP contribution in [0.3, 0.4) is 0 Å². The highest BCUT2D eigenvalue weighted by molar-refractivity contribution is 5.76. The van der Waals surface area contributed by atoms with Gasteiger partial charge in [0.1, 0.15) is 0 Å². The number of hydrogen-bond donors (Lipinski definition) is 1. The number of nitrogens with zero attached hydrogens (tertiary/aromatic N) is 1. The quantitative estimate of drug-likeness (QED) is 0.782. The molecule has 0 aromatic carbocycles. The van der Waals surface area contributed by atoms with E-state index in [1.54, 1.807) is 0 Å². The molecule has 3 heteroatoms. The number of carbonyl (C=O) groups excluding carboxylic acids is 1. The van der Waals surface area contributed by atoms with Crippen LogP contribution in [0.4, 0.5) is 0 Å². The van der Waals surface area contributed by atoms with Crippen LogP contribution in [0.25, 0.3) is 0 Å². The van der Waals surface area contributed by atoms with E-state index in [0.717, 1.165) is 6.54 Å². The Bertz CT molecular complexity index is 283. The van der Waals surface area contributed by atoms with E-state index in [4.69, 9.17) is 0 Å². The number of aryl methyl sites for hydroxylation is 1. The third kappa shape index (κ3) is 4.12. The summed E-state index contributed by atoms with van der Waals surface area (Å²) in [4.78, 5) is 11.4. The molecule has 0 bridgehead atoms. The van der Waals surface area contributed by atoms with E-state index >= 15 is 0 Å². The lowest BCUT2D eigenvalue weighted by atomic mass is 10.1. The first-order chi connectivity index (χ1) is 6.47. The first-order valence-corrected chi connectivity index (χ1v) is 4.89. The molecule has 0 atom stereocenters. The van der Waals surface area contributed by atoms with Crippen molar-refractivity contribution in [2.75, 3.05) is 0 Å². The highest BCUT2D eigenvalue weighted by atomic mass is 16.1. The number of nitrogens with one attached hydrogen (secondary N) is 1. The van der Waals surface area contributed by atoms with Crippen LogP contribution < -0.4 is 5.32 Å². The highest BCUT2D eigenvalue weighted by Crippen LogP contribution is 2.00. The van der Waals surface area contributed by atoms with Crippen molar-refractivity contribution >= 4 is 5.91 Å². The van der Waals surface area contributed by atoms with Crippen molar-refractivity contribution in [2.24, 2.45) is 0 Å². The lowest BCUT2D eigenvalue weighted by molar-refractivity contribution is -0.122. The van der Waals surface area contributed by atoms with Crippen molar-refractivity contribution in [3.05, 3.63) is 24.5 Å². The van der Waals surface area contributed by atoms with Gasteiger partial charge in [0.15, 0.2) is 0 Å². The predicted octanol–water partition coefficient (Wildman–Crippen LogP) is 1.79. The van der Waals surface area contributed by atoms with Crippen molar-refractivity contribution in [1.29, 1.82) is 0 Å². The van der Waals surface area contributed by atoms with Crippen LogP contribution in [0, 0.1) is 0 Å². The first kappa shape index (κ1) is 10.8. The Morgan fingerprint density at radius 3 is 2.36 bits per heavy atom. The van der Waals surface area contributed by atoms with Crippen LogP contribution in [0.5, 0.6) is 0 Å². The molecule has 1 rings (SSSR count). The predicted molar refractivity (Wildman–Crippen MR) is 56.9 cm³/mol. The molecule has 1 amide bonds. The number of carbonyl (C=O) groups is 1. The van der Waals surface area contributed by atoms with Crippen LogP contribution in [-0.4, -0.2) is 16.0 Å². The van der Waals surface area contributed by atoms with Crippen molar-refractivity contribution in [2.45, 2.75) is 39.3 Å². The average Bonchev–Trinajstić information content (AvgIpc) is 2.49. The van der Waals surface area contributed by atoms with Gasteiger partial charge in [0.2, 0.25) is 5.91 Å². The van der Waals surface area contributed by atoms with Crippen molar-refractivity contribution < 1.29 is 4.79 Å². The third-order valence-electron chi connectivity index (χ3n) is 1.78. The zero-order valence-corrected chi connectivity index (χ0v) is 9.08. The highest BCUT2D eigenvalue weighted by Gasteiger charge is 2.12. The van der Waals surface area contributed by atoms with E-state index in [-0.39, 0.29) is 11.4 Å². The van der Waals surface area contributed by atoms with Crippen molar-refractivity contribution in [3.63, 3.8) is 0 Å². The summed E-state index contributed by atoms with van der Waals surface area (Å²) in [6.07, 6.45) is 4.46. The van der Waals surface area contributed by atoms with Crippen LogP contribution in [-0.2, 0) is 11.3 Å². The zero-order valence-electron chi connectivity index (χ0n) is 9.08. The Labute approximate surface area is 85.1 Å². The summed E-state index contributed by atoms with van der Waals surface area (Å²) in [5, 5.41) is 2.93. The monoisotopic (exact) mass is 194 g/mol. The van der Waals surface area contributed by atoms with Crippen LogP contribution in [0.15, 0.2) is 24.5 Å². The van der Waals surface area contributed by atoms with Gasteiger partial charge in [0, 0.05) is 30.9 Å². The first-order valence-electron chi connectivity index (χ1n) is 4.89. The van der Waals surface area contributed by atoms with Gasteiger partial charge in [-0.05, 0) is 32.9 Å². The fourth-order valence-corrected chi connectivity index (χ4v) is 1.23. The number of amides is 1. The minimum atomic E-state index is -0.131. The van der Waals surface area contributed by atoms with E-state index in [9.17, 15) is 4.79 Å². The summed E-state index contributed by atoms with van der Waals surface area (Å²) >= 11 is 0. The lowest BCUT2D eigenvalue weighted by Crippen LogP contribution is -2.40. The van der Waals surface area contributed by atoms with Gasteiger partial charge in [-0.1, -0.05) is 0 Å². The van der Waals surface area contributed by atoms with Gasteiger partial charge >= 0.3 is 0 Å². The van der Waals surface area contributed by atoms with Gasteiger partial charge in [-0.3, -0.25) is 4.79 Å². The molecule has 1 aromatic rings. The number of hydrogen-bond acceptors (Lipinski definition) is 1. The minimum Gasteiger partial charge on any atom is -0.354 e. The Hall–Kier alpha value is -1.25. The molecule has 0 saturated heterocycles. The standard InChI is InChI=1S/C11H18N2O/c1-11(2,3)12-10(14)6-9-13-7-4-5-8-13/h4-5,7-8H,6,9H2,1-3H3,(H,12,14). The molecule has 3 nitrogen and oxygen atoms in total. The normalized spacial score (nSPS) is 11.4. The fraction of sp³-hybridized carbons (Fsp3) is 0.545. The molecule has 0 unspecified atom stereocenters. The second-order valence-electron chi connectivity index (χ2n) is 4.47. The Morgan fingerprint density at radius 2 is 1.86 bits per heavy atom. The van der Waals surface area contributed by atoms with E-state index in [2.05, 4.69) is 5.32 Å². The maximum absolute atomic E-state index is 11.4. The Balaban J connectivity index is 2.29. The maximum atomic E-state index is 11.4. The molecule has 0 aliphatic rings. The molecular formula is C11H18N2O. The van der Waals surface area contributed by atoms with Gasteiger partial charge in [-0.25, -0.2) is 0 Å². The second kappa shape index (κ2) is 4.31. The van der Waals surface area contributed by atoms with E-state index < -0.39 is 0 Å². The molecule has 0 radical (unpaired) electrons. The van der Waals surface area contributed by atoms with Gasteiger partial charge in [0.25, 0.3) is 0 Å². The van der Waals surface area contributed by atoms with Crippen molar-refractivity contribution in [3.8, 4) is 0 Å². The van der Waals surface area contributed by atoms with E-state index in [0.29, 0.717) is 6.42 Å². The zero-order chi connectivity index (χ0) is 10.6. The molecule has 0 aliphatic carbocycles. The number of rotatable bonds is 3. The molecule has 0 spiro atoms. The second-order valence-corrected chi connectivity index (χ2v) is 4.47. The Kier molecular flexibility index (Phi) is 3.33. The largest absolute Gasteiger partial charge is 0.354 e. The summed E-state index contributed by atoms with van der Waals surface area (Å²) in [6.45, 7) is 6.70. The summed E-state index contributed by atoms with van der Waals surface area (Å²) in [5.41, 5.74) is -0.131. The van der Waals surface area contributed by atoms with Gasteiger partial charge in [-0.15, -0.1) is 0 Å². The smallest absolute Gasteiger partial charge is 0.222 e. The van der Waals surface area contributed by atoms with E-state index in [1.165, 1.54) is 0 Å². The van der Waals surface area contributed by atoms with Crippen molar-refractivity contribution in [1.82, 2.24) is 9.88 Å². The SMILES string of the molecule is CC(C)(C)NC(=O)CCn1cccc1. The van der Waals surface area contributed by atoms with E-state index in [1.807, 2.05) is 49.9 Å². The molecule has 0 saturated carbocycles. The molecule has 14 heavy (non-hydrogen) atoms. The van der Waals surface area contributed by atoms with Crippen LogP contribution >= 0.6 is 0 Å². The molecule has 1 aromatic heterocycles. The van der Waals surface area contributed by atoms with Gasteiger partial charge < -0.3 is 9.88 Å². The summed E-state index contributed by atoms with van der Waals surface area (Å²) in [5.74, 6) is 0.103. The Morgan fingerprint density at radius 1 is 1.29 bits per heavy atom. The summed E-state index contributed by atoms with van der Waals surface area (Å²) < 4.78 is 2.00. The average molecular weight is 194 g/mol. The summed E-state index contributed by atoms with van der Waals surface area (Å²) in [6, 6.07) is 3.92. The summed E-state index contributed by atoms with van der Waals surface area (Å²) in [7, 11) is 0. The molecule has 0 aliphatic heterocycles. The third-order valence-corrected chi connectivity index (χ3v) is 1.78. The van der Waals surface area contributed by atoms with Gasteiger partial charge in [-0.2, -0.15) is 0 Å². The lowest BCUT2D eigenvalue weighted by Gasteiger charge is -2.20. The molecule has 1 heterocycles. The molecule has 0 fully saturated rings. The molecular weight excluding hydrogens is 176 g/mol. The minimum absolute atomic E-state index is 0.103. The van der Waals surface area contributed by atoms with Gasteiger partial charge in [0.05, 0.1) is 0 Å². The fourth-order valence-electron chi connectivity index (χ4n) is 1.23. The van der Waals surface area contributed by atoms with Crippen LogP contribution in [0.2, 0.25) is 0 Å². The number of aromatic nitrogens is 1. The topological polar surface area (TPSA) is 34.0 Å². The molecule has 78 valence electrons. The molecule has 1 N–H and O–H groups in total. The van der Waals surface area contributed by atoms with Crippen LogP contribution in [0.1, 0.15) is 27.2 Å².